The number of carbonyl (C=O) groups is 1. The van der Waals surface area contributed by atoms with E-state index in [0.717, 1.165) is 12.8 Å². The number of hydrogen-bond donors (Lipinski definition) is 0. The Hall–Kier alpha value is -0.790. The van der Waals surface area contributed by atoms with E-state index in [-0.39, 0.29) is 12.1 Å². The molecule has 0 aromatic rings. The molecule has 1 aliphatic rings. The molecular formula is C7H10O2. The van der Waals surface area contributed by atoms with Crippen LogP contribution in [-0.4, -0.2) is 12.1 Å². The Kier molecular flexibility index (Phi) is 1.88. The molecule has 0 N–H and O–H groups in total. The van der Waals surface area contributed by atoms with Gasteiger partial charge in [0.2, 0.25) is 0 Å². The van der Waals surface area contributed by atoms with E-state index in [1.807, 2.05) is 0 Å². The molecule has 0 spiro atoms. The number of esters is 1. The Labute approximate surface area is 54.5 Å². The first-order chi connectivity index (χ1) is 4.33. The van der Waals surface area contributed by atoms with E-state index >= 15 is 0 Å². The van der Waals surface area contributed by atoms with Crippen LogP contribution in [0.3, 0.4) is 0 Å². The van der Waals surface area contributed by atoms with Crippen LogP contribution in [0.15, 0.2) is 12.7 Å². The lowest BCUT2D eigenvalue weighted by molar-refractivity contribution is -0.141. The molecule has 1 atom stereocenters. The molecule has 2 heteroatoms. The van der Waals surface area contributed by atoms with Crippen molar-refractivity contribution < 1.29 is 9.53 Å². The molecule has 1 rings (SSSR count). The van der Waals surface area contributed by atoms with Gasteiger partial charge >= 0.3 is 5.97 Å². The van der Waals surface area contributed by atoms with Crippen LogP contribution in [0.2, 0.25) is 0 Å². The van der Waals surface area contributed by atoms with E-state index in [2.05, 4.69) is 6.58 Å². The smallest absolute Gasteiger partial charge is 0.306 e. The van der Waals surface area contributed by atoms with E-state index in [9.17, 15) is 4.79 Å². The van der Waals surface area contributed by atoms with Crippen LogP contribution in [0, 0.1) is 0 Å². The molecular weight excluding hydrogens is 116 g/mol. The summed E-state index contributed by atoms with van der Waals surface area (Å²) in [5, 5.41) is 0. The van der Waals surface area contributed by atoms with Gasteiger partial charge in [-0.25, -0.2) is 0 Å². The molecule has 0 bridgehead atoms. The molecule has 1 heterocycles. The van der Waals surface area contributed by atoms with Gasteiger partial charge in [-0.1, -0.05) is 6.08 Å². The molecule has 0 amide bonds. The molecule has 0 saturated carbocycles. The van der Waals surface area contributed by atoms with Crippen LogP contribution in [0.5, 0.6) is 0 Å². The lowest BCUT2D eigenvalue weighted by Crippen LogP contribution is -2.04. The first-order valence-electron chi connectivity index (χ1n) is 3.13. The van der Waals surface area contributed by atoms with Crippen molar-refractivity contribution in [3.05, 3.63) is 12.7 Å². The first kappa shape index (κ1) is 6.33. The number of ether oxygens (including phenoxy) is 1. The minimum absolute atomic E-state index is 0.0677. The zero-order chi connectivity index (χ0) is 6.69. The molecule has 0 aromatic heterocycles. The molecule has 0 aliphatic carbocycles. The summed E-state index contributed by atoms with van der Waals surface area (Å²) in [7, 11) is 0. The second kappa shape index (κ2) is 2.67. The van der Waals surface area contributed by atoms with Gasteiger partial charge in [-0.05, 0) is 6.42 Å². The quantitative estimate of drug-likeness (QED) is 0.411. The van der Waals surface area contributed by atoms with E-state index in [4.69, 9.17) is 4.74 Å². The highest BCUT2D eigenvalue weighted by Crippen LogP contribution is 2.16. The van der Waals surface area contributed by atoms with Crippen molar-refractivity contribution in [2.45, 2.75) is 25.4 Å². The summed E-state index contributed by atoms with van der Waals surface area (Å²) in [6.45, 7) is 3.56. The Morgan fingerprint density at radius 1 is 1.89 bits per heavy atom. The third kappa shape index (κ3) is 1.56. The van der Waals surface area contributed by atoms with Gasteiger partial charge < -0.3 is 4.74 Å². The predicted octanol–water partition coefficient (Wildman–Crippen LogP) is 1.27. The molecule has 9 heavy (non-hydrogen) atoms. The number of rotatable bonds is 2. The summed E-state index contributed by atoms with van der Waals surface area (Å²) in [4.78, 5) is 10.5. The van der Waals surface area contributed by atoms with Crippen LogP contribution < -0.4 is 0 Å². The van der Waals surface area contributed by atoms with Gasteiger partial charge in [-0.3, -0.25) is 4.79 Å². The van der Waals surface area contributed by atoms with Crippen molar-refractivity contribution in [2.75, 3.05) is 0 Å². The fourth-order valence-corrected chi connectivity index (χ4v) is 0.934. The topological polar surface area (TPSA) is 26.3 Å². The van der Waals surface area contributed by atoms with E-state index in [0.29, 0.717) is 6.42 Å². The Morgan fingerprint density at radius 3 is 3.11 bits per heavy atom. The van der Waals surface area contributed by atoms with Gasteiger partial charge in [0.25, 0.3) is 0 Å². The van der Waals surface area contributed by atoms with Gasteiger partial charge in [0.15, 0.2) is 0 Å². The van der Waals surface area contributed by atoms with Gasteiger partial charge in [-0.2, -0.15) is 0 Å². The second-order valence-electron chi connectivity index (χ2n) is 2.17. The molecule has 1 fully saturated rings. The average molecular weight is 126 g/mol. The summed E-state index contributed by atoms with van der Waals surface area (Å²) in [6.07, 6.45) is 4.15. The second-order valence-corrected chi connectivity index (χ2v) is 2.17. The van der Waals surface area contributed by atoms with Gasteiger partial charge in [-0.15, -0.1) is 6.58 Å². The zero-order valence-corrected chi connectivity index (χ0v) is 5.30. The highest BCUT2D eigenvalue weighted by Gasteiger charge is 2.21. The minimum atomic E-state index is -0.0677. The van der Waals surface area contributed by atoms with Crippen LogP contribution in [0.25, 0.3) is 0 Å². The zero-order valence-electron chi connectivity index (χ0n) is 5.30. The number of hydrogen-bond acceptors (Lipinski definition) is 2. The molecule has 0 aromatic carbocycles. The van der Waals surface area contributed by atoms with Crippen LogP contribution >= 0.6 is 0 Å². The van der Waals surface area contributed by atoms with E-state index in [1.54, 1.807) is 6.08 Å². The highest BCUT2D eigenvalue weighted by molar-refractivity contribution is 5.71. The molecule has 50 valence electrons. The minimum Gasteiger partial charge on any atom is -0.462 e. The maximum atomic E-state index is 10.5. The summed E-state index contributed by atoms with van der Waals surface area (Å²) in [6, 6.07) is 0. The van der Waals surface area contributed by atoms with Crippen molar-refractivity contribution in [1.82, 2.24) is 0 Å². The van der Waals surface area contributed by atoms with E-state index in [1.165, 1.54) is 0 Å². The lowest BCUT2D eigenvalue weighted by atomic mass is 10.2. The fourth-order valence-electron chi connectivity index (χ4n) is 0.934. The highest BCUT2D eigenvalue weighted by atomic mass is 16.5. The fraction of sp³-hybridized carbons (Fsp3) is 0.571. The van der Waals surface area contributed by atoms with Gasteiger partial charge in [0, 0.05) is 12.8 Å². The normalized spacial score (nSPS) is 25.8. The maximum Gasteiger partial charge on any atom is 0.306 e. The summed E-state index contributed by atoms with van der Waals surface area (Å²) in [5.74, 6) is -0.0677. The third-order valence-electron chi connectivity index (χ3n) is 1.40. The van der Waals surface area contributed by atoms with Crippen molar-refractivity contribution in [3.63, 3.8) is 0 Å². The van der Waals surface area contributed by atoms with Crippen molar-refractivity contribution in [1.29, 1.82) is 0 Å². The first-order valence-corrected chi connectivity index (χ1v) is 3.13. The van der Waals surface area contributed by atoms with E-state index < -0.39 is 0 Å². The predicted molar refractivity (Wildman–Crippen MR) is 33.9 cm³/mol. The number of carbonyl (C=O) groups excluding carboxylic acids is 1. The largest absolute Gasteiger partial charge is 0.462 e. The van der Waals surface area contributed by atoms with Gasteiger partial charge in [0.05, 0.1) is 0 Å². The Morgan fingerprint density at radius 2 is 2.67 bits per heavy atom. The monoisotopic (exact) mass is 126 g/mol. The Balaban J connectivity index is 2.29. The van der Waals surface area contributed by atoms with Crippen LogP contribution in [-0.2, 0) is 9.53 Å². The molecule has 2 nitrogen and oxygen atoms in total. The standard InChI is InChI=1S/C7H10O2/c1-2-3-6-4-5-7(8)9-6/h2,6H,1,3-5H2. The SMILES string of the molecule is C=CCC1CCC(=O)O1. The molecule has 1 aliphatic heterocycles. The Bertz CT molecular complexity index is 129. The third-order valence-corrected chi connectivity index (χ3v) is 1.40. The lowest BCUT2D eigenvalue weighted by Gasteiger charge is -2.02. The summed E-state index contributed by atoms with van der Waals surface area (Å²) >= 11 is 0. The molecule has 1 saturated heterocycles. The summed E-state index contributed by atoms with van der Waals surface area (Å²) < 4.78 is 4.89. The van der Waals surface area contributed by atoms with Crippen molar-refractivity contribution >= 4 is 5.97 Å². The summed E-state index contributed by atoms with van der Waals surface area (Å²) in [5.41, 5.74) is 0. The molecule has 0 radical (unpaired) electrons. The average Bonchev–Trinajstić information content (AvgIpc) is 2.17. The maximum absolute atomic E-state index is 10.5. The van der Waals surface area contributed by atoms with Gasteiger partial charge in [0.1, 0.15) is 6.10 Å². The number of cyclic esters (lactones) is 1. The van der Waals surface area contributed by atoms with Crippen molar-refractivity contribution in [2.24, 2.45) is 0 Å². The molecule has 1 unspecified atom stereocenters. The van der Waals surface area contributed by atoms with Crippen molar-refractivity contribution in [3.8, 4) is 0 Å². The van der Waals surface area contributed by atoms with Crippen LogP contribution in [0.1, 0.15) is 19.3 Å². The van der Waals surface area contributed by atoms with Crippen LogP contribution in [0.4, 0.5) is 0 Å².